The Morgan fingerprint density at radius 3 is 2.33 bits per heavy atom. The maximum Gasteiger partial charge on any atom is 0.254 e. The Labute approximate surface area is 211 Å². The van der Waals surface area contributed by atoms with Crippen LogP contribution >= 0.6 is 0 Å². The van der Waals surface area contributed by atoms with Gasteiger partial charge in [-0.2, -0.15) is 0 Å². The number of nitrogens with one attached hydrogen (secondary N) is 1. The van der Waals surface area contributed by atoms with Gasteiger partial charge in [-0.05, 0) is 72.4 Å². The second kappa shape index (κ2) is 11.1. The van der Waals surface area contributed by atoms with Gasteiger partial charge in [-0.25, -0.2) is 0 Å². The van der Waals surface area contributed by atoms with Crippen LogP contribution in [0.5, 0.6) is 5.75 Å². The highest BCUT2D eigenvalue weighted by Gasteiger charge is 2.38. The Kier molecular flexibility index (Phi) is 7.68. The highest BCUT2D eigenvalue weighted by atomic mass is 16.6. The third-order valence-corrected chi connectivity index (χ3v) is 6.49. The molecular weight excluding hydrogens is 454 g/mol. The van der Waals surface area contributed by atoms with Gasteiger partial charge in [0.15, 0.2) is 0 Å². The molecular formula is C29H31N3O4. The summed E-state index contributed by atoms with van der Waals surface area (Å²) in [6.45, 7) is 4.81. The maximum atomic E-state index is 13.4. The van der Waals surface area contributed by atoms with E-state index in [9.17, 15) is 14.7 Å². The minimum absolute atomic E-state index is 0.204. The number of carbonyl (C=O) groups is 2. The topological polar surface area (TPSA) is 91.2 Å². The molecule has 1 atom stereocenters. The van der Waals surface area contributed by atoms with Crippen LogP contribution in [0.15, 0.2) is 71.9 Å². The molecule has 0 saturated carbocycles. The summed E-state index contributed by atoms with van der Waals surface area (Å²) in [5.74, 6) is -0.242. The fraction of sp³-hybridized carbons (Fsp3) is 0.276. The molecule has 2 N–H and O–H groups in total. The molecule has 1 aliphatic rings. The van der Waals surface area contributed by atoms with E-state index in [-0.39, 0.29) is 24.1 Å². The van der Waals surface area contributed by atoms with Crippen molar-refractivity contribution in [1.29, 1.82) is 0 Å². The summed E-state index contributed by atoms with van der Waals surface area (Å²) >= 11 is 0. The van der Waals surface area contributed by atoms with Crippen LogP contribution < -0.4 is 5.32 Å². The molecule has 36 heavy (non-hydrogen) atoms. The Hall–Kier alpha value is -4.13. The largest absolute Gasteiger partial charge is 0.508 e. The quantitative estimate of drug-likeness (QED) is 0.490. The monoisotopic (exact) mass is 485 g/mol. The number of phenols is 1. The molecule has 1 saturated heterocycles. The number of nitrogens with zero attached hydrogens (tertiary/aromatic N) is 2. The Morgan fingerprint density at radius 2 is 1.69 bits per heavy atom. The van der Waals surface area contributed by atoms with Gasteiger partial charge in [0.2, 0.25) is 5.91 Å². The Bertz CT molecular complexity index is 1250. The van der Waals surface area contributed by atoms with Gasteiger partial charge in [0.1, 0.15) is 18.9 Å². The summed E-state index contributed by atoms with van der Waals surface area (Å²) in [6.07, 6.45) is 0.941. The molecule has 4 rings (SSSR count). The average Bonchev–Trinajstić information content (AvgIpc) is 3.29. The second-order valence-electron chi connectivity index (χ2n) is 9.04. The maximum absolute atomic E-state index is 13.4. The zero-order chi connectivity index (χ0) is 25.7. The molecule has 0 aliphatic carbocycles. The van der Waals surface area contributed by atoms with Crippen molar-refractivity contribution in [3.63, 3.8) is 0 Å². The number of aromatic hydroxyl groups is 1. The van der Waals surface area contributed by atoms with E-state index in [0.717, 1.165) is 16.7 Å². The van der Waals surface area contributed by atoms with Crippen LogP contribution in [-0.2, 0) is 16.1 Å². The predicted octanol–water partition coefficient (Wildman–Crippen LogP) is 4.25. The number of carbonyl (C=O) groups excluding carboxylic acids is 2. The molecule has 1 aliphatic heterocycles. The molecule has 186 valence electrons. The molecule has 7 heteroatoms. The number of rotatable bonds is 7. The molecule has 3 aromatic rings. The van der Waals surface area contributed by atoms with E-state index in [0.29, 0.717) is 30.7 Å². The molecule has 1 fully saturated rings. The minimum Gasteiger partial charge on any atom is -0.508 e. The fourth-order valence-electron chi connectivity index (χ4n) is 4.67. The first kappa shape index (κ1) is 25.0. The molecule has 1 unspecified atom stereocenters. The number of phenolic OH excluding ortho intramolecular Hbond substituents is 1. The van der Waals surface area contributed by atoms with E-state index >= 15 is 0 Å². The molecule has 3 aromatic carbocycles. The number of likely N-dealkylation sites (tertiary alicyclic amines) is 1. The summed E-state index contributed by atoms with van der Waals surface area (Å²) in [4.78, 5) is 33.0. The van der Waals surface area contributed by atoms with Crippen molar-refractivity contribution in [3.05, 3.63) is 89.0 Å². The summed E-state index contributed by atoms with van der Waals surface area (Å²) in [5, 5.41) is 16.4. The van der Waals surface area contributed by atoms with Gasteiger partial charge in [0.25, 0.3) is 5.91 Å². The zero-order valence-electron chi connectivity index (χ0n) is 20.8. The van der Waals surface area contributed by atoms with Crippen molar-refractivity contribution in [2.24, 2.45) is 5.16 Å². The molecule has 1 heterocycles. The highest BCUT2D eigenvalue weighted by Crippen LogP contribution is 2.28. The van der Waals surface area contributed by atoms with Gasteiger partial charge >= 0.3 is 0 Å². The van der Waals surface area contributed by atoms with Crippen molar-refractivity contribution < 1.29 is 19.5 Å². The van der Waals surface area contributed by atoms with Crippen molar-refractivity contribution in [2.45, 2.75) is 32.7 Å². The normalized spacial score (nSPS) is 16.2. The zero-order valence-corrected chi connectivity index (χ0v) is 20.8. The Morgan fingerprint density at radius 1 is 1.03 bits per heavy atom. The lowest BCUT2D eigenvalue weighted by atomic mass is 9.95. The highest BCUT2D eigenvalue weighted by molar-refractivity contribution is 6.05. The molecule has 2 amide bonds. The standard InChI is InChI=1S/C29H31N3O4/c1-19-5-4-6-20(2)27(19)22-9-11-23(12-10-22)29(35)32-18-24(31-36-3)17-26(32)28(34)30-16-15-21-7-13-25(33)14-8-21/h4-14,26,33H,15-18H2,1-3H3,(H,30,34). The number of oxime groups is 1. The third-order valence-electron chi connectivity index (χ3n) is 6.49. The van der Waals surface area contributed by atoms with Crippen LogP contribution in [0, 0.1) is 13.8 Å². The lowest BCUT2D eigenvalue weighted by Gasteiger charge is -2.23. The number of hydrogen-bond donors (Lipinski definition) is 2. The number of aryl methyl sites for hydroxylation is 2. The van der Waals surface area contributed by atoms with Gasteiger partial charge in [0, 0.05) is 18.5 Å². The van der Waals surface area contributed by atoms with Crippen LogP contribution in [0.2, 0.25) is 0 Å². The van der Waals surface area contributed by atoms with Crippen LogP contribution in [-0.4, -0.2) is 53.8 Å². The molecule has 0 spiro atoms. The van der Waals surface area contributed by atoms with Gasteiger partial charge in [0.05, 0.1) is 12.3 Å². The van der Waals surface area contributed by atoms with Crippen LogP contribution in [0.1, 0.15) is 33.5 Å². The van der Waals surface area contributed by atoms with Crippen LogP contribution in [0.3, 0.4) is 0 Å². The number of hydrogen-bond acceptors (Lipinski definition) is 5. The van der Waals surface area contributed by atoms with Crippen molar-refractivity contribution in [2.75, 3.05) is 20.2 Å². The van der Waals surface area contributed by atoms with Gasteiger partial charge in [-0.15, -0.1) is 0 Å². The van der Waals surface area contributed by atoms with E-state index in [1.165, 1.54) is 18.2 Å². The molecule has 0 aromatic heterocycles. The van der Waals surface area contributed by atoms with E-state index in [1.807, 2.05) is 42.5 Å². The third kappa shape index (κ3) is 5.57. The Balaban J connectivity index is 1.47. The summed E-state index contributed by atoms with van der Waals surface area (Å²) in [6, 6.07) is 19.9. The van der Waals surface area contributed by atoms with E-state index in [2.05, 4.69) is 36.5 Å². The fourth-order valence-corrected chi connectivity index (χ4v) is 4.67. The van der Waals surface area contributed by atoms with Crippen LogP contribution in [0.4, 0.5) is 0 Å². The average molecular weight is 486 g/mol. The summed E-state index contributed by atoms with van der Waals surface area (Å²) < 4.78 is 0. The molecule has 0 bridgehead atoms. The molecule has 0 radical (unpaired) electrons. The number of benzene rings is 3. The SMILES string of the molecule is CON=C1CC(C(=O)NCCc2ccc(O)cc2)N(C(=O)c2ccc(-c3c(C)cccc3C)cc2)C1. The lowest BCUT2D eigenvalue weighted by Crippen LogP contribution is -2.46. The van der Waals surface area contributed by atoms with Crippen LogP contribution in [0.25, 0.3) is 11.1 Å². The van der Waals surface area contributed by atoms with E-state index in [1.54, 1.807) is 17.0 Å². The first-order valence-corrected chi connectivity index (χ1v) is 12.0. The first-order valence-electron chi connectivity index (χ1n) is 12.0. The number of amides is 2. The van der Waals surface area contributed by atoms with Crippen molar-refractivity contribution in [3.8, 4) is 16.9 Å². The predicted molar refractivity (Wildman–Crippen MR) is 140 cm³/mol. The molecule has 7 nitrogen and oxygen atoms in total. The van der Waals surface area contributed by atoms with Crippen molar-refractivity contribution >= 4 is 17.5 Å². The second-order valence-corrected chi connectivity index (χ2v) is 9.04. The van der Waals surface area contributed by atoms with Crippen molar-refractivity contribution in [1.82, 2.24) is 10.2 Å². The lowest BCUT2D eigenvalue weighted by molar-refractivity contribution is -0.124. The summed E-state index contributed by atoms with van der Waals surface area (Å²) in [5.41, 5.74) is 6.74. The summed E-state index contributed by atoms with van der Waals surface area (Å²) in [7, 11) is 1.45. The van der Waals surface area contributed by atoms with E-state index < -0.39 is 6.04 Å². The van der Waals surface area contributed by atoms with Gasteiger partial charge in [-0.1, -0.05) is 47.6 Å². The van der Waals surface area contributed by atoms with E-state index in [4.69, 9.17) is 4.84 Å². The first-order chi connectivity index (χ1) is 17.4. The minimum atomic E-state index is -0.662. The van der Waals surface area contributed by atoms with Gasteiger partial charge < -0.3 is 20.2 Å². The van der Waals surface area contributed by atoms with Gasteiger partial charge in [-0.3, -0.25) is 9.59 Å². The smallest absolute Gasteiger partial charge is 0.254 e.